The number of carbonyl (C=O) groups excluding carboxylic acids is 2. The summed E-state index contributed by atoms with van der Waals surface area (Å²) in [5.74, 6) is 0.611. The highest BCUT2D eigenvalue weighted by Crippen LogP contribution is 2.32. The van der Waals surface area contributed by atoms with Gasteiger partial charge in [0.25, 0.3) is 5.91 Å². The van der Waals surface area contributed by atoms with Crippen LogP contribution in [0.4, 0.5) is 8.78 Å². The van der Waals surface area contributed by atoms with Crippen molar-refractivity contribution in [1.29, 1.82) is 0 Å². The van der Waals surface area contributed by atoms with Gasteiger partial charge in [-0.3, -0.25) is 9.59 Å². The van der Waals surface area contributed by atoms with Crippen LogP contribution in [0.1, 0.15) is 71.9 Å². The first kappa shape index (κ1) is 23.6. The van der Waals surface area contributed by atoms with E-state index in [1.54, 1.807) is 17.5 Å². The molecule has 2 heterocycles. The maximum Gasteiger partial charge on any atom is 0.387 e. The minimum Gasteiger partial charge on any atom is -0.435 e. The molecule has 178 valence electrons. The highest BCUT2D eigenvalue weighted by Gasteiger charge is 2.30. The quantitative estimate of drug-likeness (QED) is 0.612. The number of aromatic nitrogens is 1. The maximum absolute atomic E-state index is 12.8. The van der Waals surface area contributed by atoms with Gasteiger partial charge in [0.05, 0.1) is 5.01 Å². The van der Waals surface area contributed by atoms with Crippen LogP contribution in [0.5, 0.6) is 5.75 Å². The largest absolute Gasteiger partial charge is 0.435 e. The molecule has 1 aliphatic carbocycles. The Kier molecular flexibility index (Phi) is 7.90. The van der Waals surface area contributed by atoms with E-state index in [2.05, 4.69) is 15.0 Å². The van der Waals surface area contributed by atoms with E-state index in [9.17, 15) is 18.4 Å². The first-order valence-electron chi connectivity index (χ1n) is 11.6. The molecule has 1 saturated heterocycles. The number of rotatable bonds is 7. The summed E-state index contributed by atoms with van der Waals surface area (Å²) < 4.78 is 28.8. The van der Waals surface area contributed by atoms with Crippen molar-refractivity contribution in [2.24, 2.45) is 5.92 Å². The van der Waals surface area contributed by atoms with Crippen molar-refractivity contribution in [3.63, 3.8) is 0 Å². The summed E-state index contributed by atoms with van der Waals surface area (Å²) in [5, 5.41) is 5.52. The zero-order chi connectivity index (χ0) is 23.2. The topological polar surface area (TPSA) is 71.5 Å². The van der Waals surface area contributed by atoms with E-state index in [-0.39, 0.29) is 30.0 Å². The zero-order valence-corrected chi connectivity index (χ0v) is 19.3. The number of hydrogen-bond donors (Lipinski definition) is 1. The van der Waals surface area contributed by atoms with Crippen LogP contribution < -0.4 is 10.1 Å². The van der Waals surface area contributed by atoms with Gasteiger partial charge < -0.3 is 15.0 Å². The number of nitrogens with zero attached hydrogens (tertiary/aromatic N) is 2. The van der Waals surface area contributed by atoms with Gasteiger partial charge in [-0.1, -0.05) is 31.4 Å². The second-order valence-corrected chi connectivity index (χ2v) is 9.60. The molecule has 1 aromatic carbocycles. The SMILES string of the molecule is O=C(NCc1ccc(OC(F)F)cc1)c1csc(C2CCN(C(=O)C3CCCCC3)CC2)n1. The highest BCUT2D eigenvalue weighted by molar-refractivity contribution is 7.09. The van der Waals surface area contributed by atoms with Gasteiger partial charge in [0.1, 0.15) is 11.4 Å². The zero-order valence-electron chi connectivity index (χ0n) is 18.5. The molecule has 2 fully saturated rings. The number of amides is 2. The lowest BCUT2D eigenvalue weighted by atomic mass is 9.87. The van der Waals surface area contributed by atoms with Crippen LogP contribution in [0.25, 0.3) is 0 Å². The number of likely N-dealkylation sites (tertiary alicyclic amines) is 1. The predicted molar refractivity (Wildman–Crippen MR) is 121 cm³/mol. The number of ether oxygens (including phenoxy) is 1. The number of nitrogens with one attached hydrogen (secondary N) is 1. The molecule has 2 amide bonds. The number of piperidine rings is 1. The predicted octanol–water partition coefficient (Wildman–Crippen LogP) is 4.96. The van der Waals surface area contributed by atoms with Crippen molar-refractivity contribution in [3.8, 4) is 5.75 Å². The van der Waals surface area contributed by atoms with Crippen molar-refractivity contribution in [2.75, 3.05) is 13.1 Å². The standard InChI is InChI=1S/C24H29F2N3O3S/c25-24(26)32-19-8-6-16(7-9-19)14-27-21(30)20-15-33-22(28-20)17-10-12-29(13-11-17)23(31)18-4-2-1-3-5-18/h6-9,15,17-18,24H,1-5,10-14H2,(H,27,30). The fourth-order valence-corrected chi connectivity index (χ4v) is 5.57. The fourth-order valence-electron chi connectivity index (χ4n) is 4.60. The number of benzene rings is 1. The van der Waals surface area contributed by atoms with Gasteiger partial charge in [0, 0.05) is 36.9 Å². The lowest BCUT2D eigenvalue weighted by Gasteiger charge is -2.34. The Morgan fingerprint density at radius 2 is 1.79 bits per heavy atom. The van der Waals surface area contributed by atoms with Crippen LogP contribution in [-0.4, -0.2) is 41.4 Å². The minimum absolute atomic E-state index is 0.0794. The van der Waals surface area contributed by atoms with E-state index in [0.717, 1.165) is 62.2 Å². The number of hydrogen-bond acceptors (Lipinski definition) is 5. The van der Waals surface area contributed by atoms with E-state index in [1.807, 2.05) is 4.90 Å². The molecule has 0 atom stereocenters. The Balaban J connectivity index is 1.25. The van der Waals surface area contributed by atoms with Gasteiger partial charge >= 0.3 is 6.61 Å². The molecular weight excluding hydrogens is 448 g/mol. The van der Waals surface area contributed by atoms with Gasteiger partial charge in [-0.05, 0) is 43.4 Å². The molecular formula is C24H29F2N3O3S. The van der Waals surface area contributed by atoms with Gasteiger partial charge in [0.2, 0.25) is 5.91 Å². The van der Waals surface area contributed by atoms with E-state index in [1.165, 1.54) is 29.9 Å². The monoisotopic (exact) mass is 477 g/mol. The van der Waals surface area contributed by atoms with Gasteiger partial charge in [0.15, 0.2) is 0 Å². The molecule has 6 nitrogen and oxygen atoms in total. The van der Waals surface area contributed by atoms with Gasteiger partial charge in [-0.15, -0.1) is 11.3 Å². The smallest absolute Gasteiger partial charge is 0.387 e. The Morgan fingerprint density at radius 1 is 1.09 bits per heavy atom. The summed E-state index contributed by atoms with van der Waals surface area (Å²) in [6, 6.07) is 6.15. The van der Waals surface area contributed by atoms with Crippen LogP contribution in [0.15, 0.2) is 29.6 Å². The molecule has 33 heavy (non-hydrogen) atoms. The number of carbonyl (C=O) groups is 2. The molecule has 4 rings (SSSR count). The molecule has 9 heteroatoms. The Labute approximate surface area is 196 Å². The normalized spacial score (nSPS) is 17.8. The van der Waals surface area contributed by atoms with Crippen molar-refractivity contribution in [1.82, 2.24) is 15.2 Å². The molecule has 1 aliphatic heterocycles. The summed E-state index contributed by atoms with van der Waals surface area (Å²) in [7, 11) is 0. The molecule has 0 unspecified atom stereocenters. The van der Waals surface area contributed by atoms with Gasteiger partial charge in [-0.2, -0.15) is 8.78 Å². The summed E-state index contributed by atoms with van der Waals surface area (Å²) >= 11 is 1.49. The third-order valence-corrected chi connectivity index (χ3v) is 7.47. The minimum atomic E-state index is -2.86. The highest BCUT2D eigenvalue weighted by atomic mass is 32.1. The third kappa shape index (κ3) is 6.28. The third-order valence-electron chi connectivity index (χ3n) is 6.47. The fraction of sp³-hybridized carbons (Fsp3) is 0.542. The lowest BCUT2D eigenvalue weighted by Crippen LogP contribution is -2.41. The molecule has 2 aliphatic rings. The lowest BCUT2D eigenvalue weighted by molar-refractivity contribution is -0.137. The van der Waals surface area contributed by atoms with Crippen LogP contribution in [0.3, 0.4) is 0 Å². The van der Waals surface area contributed by atoms with Crippen LogP contribution >= 0.6 is 11.3 Å². The average Bonchev–Trinajstić information content (AvgIpc) is 3.34. The van der Waals surface area contributed by atoms with E-state index < -0.39 is 6.61 Å². The van der Waals surface area contributed by atoms with Crippen molar-refractivity contribution < 1.29 is 23.1 Å². The summed E-state index contributed by atoms with van der Waals surface area (Å²) in [4.78, 5) is 31.8. The van der Waals surface area contributed by atoms with Gasteiger partial charge in [-0.25, -0.2) is 4.98 Å². The second-order valence-electron chi connectivity index (χ2n) is 8.71. The van der Waals surface area contributed by atoms with Crippen molar-refractivity contribution in [2.45, 2.75) is 64.0 Å². The molecule has 0 radical (unpaired) electrons. The number of alkyl halides is 2. The number of thiazole rings is 1. The van der Waals surface area contributed by atoms with E-state index in [4.69, 9.17) is 0 Å². The van der Waals surface area contributed by atoms with Crippen LogP contribution in [0, 0.1) is 5.92 Å². The first-order valence-corrected chi connectivity index (χ1v) is 12.4. The average molecular weight is 478 g/mol. The Hall–Kier alpha value is -2.55. The molecule has 2 aromatic rings. The van der Waals surface area contributed by atoms with E-state index >= 15 is 0 Å². The first-order chi connectivity index (χ1) is 16.0. The number of halogens is 2. The van der Waals surface area contributed by atoms with Crippen molar-refractivity contribution in [3.05, 3.63) is 45.9 Å². The molecule has 1 aromatic heterocycles. The second kappa shape index (κ2) is 11.0. The Bertz CT molecular complexity index is 937. The molecule has 1 saturated carbocycles. The van der Waals surface area contributed by atoms with Crippen molar-refractivity contribution >= 4 is 23.2 Å². The summed E-state index contributed by atoms with van der Waals surface area (Å²) in [5.41, 5.74) is 1.16. The molecule has 1 N–H and O–H groups in total. The maximum atomic E-state index is 12.8. The molecule has 0 bridgehead atoms. The van der Waals surface area contributed by atoms with E-state index in [0.29, 0.717) is 11.6 Å². The summed E-state index contributed by atoms with van der Waals surface area (Å²) in [6.45, 7) is -1.08. The Morgan fingerprint density at radius 3 is 2.45 bits per heavy atom. The molecule has 0 spiro atoms. The summed E-state index contributed by atoms with van der Waals surface area (Å²) in [6.07, 6.45) is 7.37. The van der Waals surface area contributed by atoms with Crippen LogP contribution in [-0.2, 0) is 11.3 Å². The van der Waals surface area contributed by atoms with Crippen LogP contribution in [0.2, 0.25) is 0 Å².